The van der Waals surface area contributed by atoms with Crippen molar-refractivity contribution in [3.63, 3.8) is 0 Å². The third kappa shape index (κ3) is 2.82. The summed E-state index contributed by atoms with van der Waals surface area (Å²) in [5.41, 5.74) is 7.54. The average Bonchev–Trinajstić information content (AvgIpc) is 2.83. The summed E-state index contributed by atoms with van der Waals surface area (Å²) < 4.78 is 6.22. The van der Waals surface area contributed by atoms with Gasteiger partial charge in [-0.3, -0.25) is 0 Å². The van der Waals surface area contributed by atoms with Crippen LogP contribution in [0.1, 0.15) is 20.8 Å². The molecule has 0 atom stereocenters. The number of hydrogen-bond acceptors (Lipinski definition) is 5. The van der Waals surface area contributed by atoms with Gasteiger partial charge in [0.05, 0.1) is 5.69 Å². The van der Waals surface area contributed by atoms with E-state index in [4.69, 9.17) is 10.2 Å². The Morgan fingerprint density at radius 2 is 1.95 bits per heavy atom. The highest BCUT2D eigenvalue weighted by molar-refractivity contribution is 6.74. The quantitative estimate of drug-likeness (QED) is 0.670. The minimum absolute atomic E-state index is 0.132. The number of nitrogens with two attached hydrogens (primary N) is 1. The van der Waals surface area contributed by atoms with Crippen LogP contribution in [0.25, 0.3) is 11.4 Å². The number of aromatic nitrogens is 4. The van der Waals surface area contributed by atoms with Crippen molar-refractivity contribution in [2.24, 2.45) is 0 Å². The van der Waals surface area contributed by atoms with Crippen molar-refractivity contribution < 1.29 is 4.43 Å². The van der Waals surface area contributed by atoms with E-state index < -0.39 is 8.32 Å². The van der Waals surface area contributed by atoms with Crippen molar-refractivity contribution in [1.29, 1.82) is 0 Å². The van der Waals surface area contributed by atoms with Crippen LogP contribution in [-0.2, 0) is 0 Å². The second kappa shape index (κ2) is 4.90. The Morgan fingerprint density at radius 1 is 1.25 bits per heavy atom. The zero-order chi connectivity index (χ0) is 15.0. The molecule has 0 saturated carbocycles. The molecule has 0 aliphatic rings. The highest BCUT2D eigenvalue weighted by Crippen LogP contribution is 2.39. The van der Waals surface area contributed by atoms with E-state index in [1.807, 2.05) is 18.2 Å². The molecule has 7 heteroatoms. The molecule has 1 aromatic carbocycles. The average molecular weight is 291 g/mol. The number of nitrogen functional groups attached to an aromatic ring is 1. The second-order valence-electron chi connectivity index (χ2n) is 6.36. The predicted octanol–water partition coefficient (Wildman–Crippen LogP) is 2.83. The van der Waals surface area contributed by atoms with Crippen LogP contribution in [0.4, 0.5) is 5.69 Å². The predicted molar refractivity (Wildman–Crippen MR) is 81.9 cm³/mol. The third-order valence-corrected chi connectivity index (χ3v) is 8.14. The number of anilines is 1. The molecule has 20 heavy (non-hydrogen) atoms. The van der Waals surface area contributed by atoms with Crippen LogP contribution in [0.3, 0.4) is 0 Å². The topological polar surface area (TPSA) is 89.7 Å². The molecule has 1 aromatic heterocycles. The van der Waals surface area contributed by atoms with Crippen molar-refractivity contribution >= 4 is 14.0 Å². The number of aromatic amines is 1. The van der Waals surface area contributed by atoms with E-state index in [2.05, 4.69) is 54.5 Å². The summed E-state index contributed by atoms with van der Waals surface area (Å²) in [5.74, 6) is 1.32. The fourth-order valence-electron chi connectivity index (χ4n) is 1.50. The summed E-state index contributed by atoms with van der Waals surface area (Å²) in [5, 5.41) is 13.8. The van der Waals surface area contributed by atoms with Gasteiger partial charge < -0.3 is 10.2 Å². The van der Waals surface area contributed by atoms with Gasteiger partial charge in [0, 0.05) is 5.56 Å². The Morgan fingerprint density at radius 3 is 2.45 bits per heavy atom. The van der Waals surface area contributed by atoms with Gasteiger partial charge in [-0.05, 0) is 46.8 Å². The summed E-state index contributed by atoms with van der Waals surface area (Å²) in [4.78, 5) is 0. The molecular formula is C13H21N5OSi. The first-order valence-corrected chi connectivity index (χ1v) is 9.44. The molecule has 0 radical (unpaired) electrons. The van der Waals surface area contributed by atoms with E-state index >= 15 is 0 Å². The first kappa shape index (κ1) is 14.5. The minimum atomic E-state index is -1.89. The molecule has 0 aliphatic carbocycles. The number of nitrogens with one attached hydrogen (secondary N) is 1. The van der Waals surface area contributed by atoms with Gasteiger partial charge in [0.1, 0.15) is 5.75 Å². The normalized spacial score (nSPS) is 12.4. The van der Waals surface area contributed by atoms with Crippen LogP contribution >= 0.6 is 0 Å². The van der Waals surface area contributed by atoms with Gasteiger partial charge in [-0.1, -0.05) is 20.8 Å². The fourth-order valence-corrected chi connectivity index (χ4v) is 2.54. The van der Waals surface area contributed by atoms with Crippen molar-refractivity contribution in [3.8, 4) is 17.1 Å². The standard InChI is InChI=1S/C13H21N5OSi/c1-13(2,3)20(4,5)19-11-7-6-9(8-10(11)14)12-15-17-18-16-12/h6-8H,14H2,1-5H3,(H,15,16,17,18). The number of H-pyrrole nitrogens is 1. The molecule has 0 bridgehead atoms. The van der Waals surface area contributed by atoms with Crippen molar-refractivity contribution in [3.05, 3.63) is 18.2 Å². The summed E-state index contributed by atoms with van der Waals surface area (Å²) in [7, 11) is -1.89. The first-order valence-electron chi connectivity index (χ1n) is 6.53. The number of tetrazole rings is 1. The van der Waals surface area contributed by atoms with Gasteiger partial charge in [0.15, 0.2) is 5.82 Å². The van der Waals surface area contributed by atoms with Crippen molar-refractivity contribution in [2.75, 3.05) is 5.73 Å². The molecule has 2 rings (SSSR count). The number of hydrogen-bond donors (Lipinski definition) is 2. The largest absolute Gasteiger partial charge is 0.542 e. The zero-order valence-corrected chi connectivity index (χ0v) is 13.6. The lowest BCUT2D eigenvalue weighted by atomic mass is 10.2. The van der Waals surface area contributed by atoms with E-state index in [9.17, 15) is 0 Å². The lowest BCUT2D eigenvalue weighted by molar-refractivity contribution is 0.494. The molecule has 108 valence electrons. The van der Waals surface area contributed by atoms with Gasteiger partial charge in [-0.2, -0.15) is 0 Å². The van der Waals surface area contributed by atoms with Gasteiger partial charge in [0.25, 0.3) is 8.32 Å². The van der Waals surface area contributed by atoms with Crippen molar-refractivity contribution in [2.45, 2.75) is 38.9 Å². The maximum atomic E-state index is 6.22. The summed E-state index contributed by atoms with van der Waals surface area (Å²) in [6.45, 7) is 11.0. The van der Waals surface area contributed by atoms with Gasteiger partial charge in [0.2, 0.25) is 0 Å². The van der Waals surface area contributed by atoms with E-state index in [1.165, 1.54) is 0 Å². The van der Waals surface area contributed by atoms with Crippen LogP contribution < -0.4 is 10.2 Å². The maximum absolute atomic E-state index is 6.22. The van der Waals surface area contributed by atoms with Crippen LogP contribution in [0.2, 0.25) is 18.1 Å². The first-order chi connectivity index (χ1) is 9.21. The van der Waals surface area contributed by atoms with E-state index in [1.54, 1.807) is 0 Å². The number of nitrogens with zero attached hydrogens (tertiary/aromatic N) is 3. The highest BCUT2D eigenvalue weighted by atomic mass is 28.4. The van der Waals surface area contributed by atoms with Gasteiger partial charge in [-0.25, -0.2) is 5.10 Å². The smallest absolute Gasteiger partial charge is 0.250 e. The third-order valence-electron chi connectivity index (χ3n) is 3.80. The molecule has 2 aromatic rings. The van der Waals surface area contributed by atoms with Crippen LogP contribution in [-0.4, -0.2) is 28.9 Å². The van der Waals surface area contributed by atoms with E-state index in [0.29, 0.717) is 11.5 Å². The molecule has 0 spiro atoms. The Bertz CT molecular complexity index is 589. The monoisotopic (exact) mass is 291 g/mol. The summed E-state index contributed by atoms with van der Waals surface area (Å²) >= 11 is 0. The van der Waals surface area contributed by atoms with Crippen molar-refractivity contribution in [1.82, 2.24) is 20.6 Å². The van der Waals surface area contributed by atoms with Gasteiger partial charge in [-0.15, -0.1) is 5.10 Å². The highest BCUT2D eigenvalue weighted by Gasteiger charge is 2.39. The van der Waals surface area contributed by atoms with Crippen LogP contribution in [0.15, 0.2) is 18.2 Å². The molecule has 3 N–H and O–H groups in total. The Labute approximate surface area is 119 Å². The fraction of sp³-hybridized carbons (Fsp3) is 0.462. The zero-order valence-electron chi connectivity index (χ0n) is 12.6. The number of benzene rings is 1. The molecule has 6 nitrogen and oxygen atoms in total. The second-order valence-corrected chi connectivity index (χ2v) is 11.1. The molecule has 0 aliphatic heterocycles. The summed E-state index contributed by atoms with van der Waals surface area (Å²) in [6, 6.07) is 5.61. The minimum Gasteiger partial charge on any atom is -0.542 e. The van der Waals surface area contributed by atoms with Gasteiger partial charge >= 0.3 is 0 Å². The molecule has 1 heterocycles. The van der Waals surface area contributed by atoms with E-state index in [0.717, 1.165) is 11.3 Å². The molecule has 0 unspecified atom stereocenters. The molecular weight excluding hydrogens is 270 g/mol. The number of rotatable bonds is 3. The summed E-state index contributed by atoms with van der Waals surface area (Å²) in [6.07, 6.45) is 0. The maximum Gasteiger partial charge on any atom is 0.250 e. The SMILES string of the molecule is CC(C)(C)[Si](C)(C)Oc1ccc(-c2nnn[nH]2)cc1N. The molecule has 0 fully saturated rings. The lowest BCUT2D eigenvalue weighted by Crippen LogP contribution is -2.44. The lowest BCUT2D eigenvalue weighted by Gasteiger charge is -2.36. The Hall–Kier alpha value is -1.89. The Balaban J connectivity index is 2.27. The Kier molecular flexibility index (Phi) is 3.55. The van der Waals surface area contributed by atoms with Crippen LogP contribution in [0, 0.1) is 0 Å². The van der Waals surface area contributed by atoms with Crippen LogP contribution in [0.5, 0.6) is 5.75 Å². The molecule has 0 saturated heterocycles. The molecule has 0 amide bonds. The van der Waals surface area contributed by atoms with E-state index in [-0.39, 0.29) is 5.04 Å².